The lowest BCUT2D eigenvalue weighted by atomic mass is 9.93. The number of aryl methyl sites for hydroxylation is 1. The molecule has 110 valence electrons. The molecule has 0 aliphatic carbocycles. The minimum Gasteiger partial charge on any atom is -0.496 e. The molecule has 2 aromatic rings. The van der Waals surface area contributed by atoms with Crippen molar-refractivity contribution < 1.29 is 9.47 Å². The number of benzene rings is 2. The molecule has 0 aromatic heterocycles. The Morgan fingerprint density at radius 2 is 1.86 bits per heavy atom. The quantitative estimate of drug-likeness (QED) is 0.882. The summed E-state index contributed by atoms with van der Waals surface area (Å²) >= 11 is 3.55. The minimum atomic E-state index is 0.263. The summed E-state index contributed by atoms with van der Waals surface area (Å²) in [5.41, 5.74) is 3.65. The van der Waals surface area contributed by atoms with Crippen LogP contribution in [-0.2, 0) is 6.42 Å². The Hall–Kier alpha value is -1.68. The summed E-state index contributed by atoms with van der Waals surface area (Å²) in [7, 11) is 3.41. The second kappa shape index (κ2) is 5.98. The van der Waals surface area contributed by atoms with Gasteiger partial charge in [-0.15, -0.1) is 0 Å². The number of halogens is 1. The average Bonchev–Trinajstić information content (AvgIpc) is 2.53. The Balaban J connectivity index is 1.93. The van der Waals surface area contributed by atoms with Crippen molar-refractivity contribution >= 4 is 21.6 Å². The fourth-order valence-corrected chi connectivity index (χ4v) is 3.39. The highest BCUT2D eigenvalue weighted by atomic mass is 79.9. The molecule has 0 bridgehead atoms. The van der Waals surface area contributed by atoms with E-state index < -0.39 is 0 Å². The second-order valence-electron chi connectivity index (χ2n) is 5.12. The average molecular weight is 348 g/mol. The van der Waals surface area contributed by atoms with E-state index in [9.17, 15) is 0 Å². The SMILES string of the molecule is COc1cc2c(cc1Br)CCC(c1ccccc1OC)N2. The van der Waals surface area contributed by atoms with E-state index in [0.29, 0.717) is 0 Å². The van der Waals surface area contributed by atoms with Crippen LogP contribution in [0, 0.1) is 0 Å². The van der Waals surface area contributed by atoms with Crippen molar-refractivity contribution in [3.05, 3.63) is 52.0 Å². The van der Waals surface area contributed by atoms with Crippen molar-refractivity contribution in [3.63, 3.8) is 0 Å². The molecule has 0 fully saturated rings. The molecule has 0 radical (unpaired) electrons. The van der Waals surface area contributed by atoms with Crippen LogP contribution < -0.4 is 14.8 Å². The summed E-state index contributed by atoms with van der Waals surface area (Å²) in [4.78, 5) is 0. The summed E-state index contributed by atoms with van der Waals surface area (Å²) in [5, 5.41) is 3.61. The van der Waals surface area contributed by atoms with Gasteiger partial charge < -0.3 is 14.8 Å². The van der Waals surface area contributed by atoms with Crippen LogP contribution >= 0.6 is 15.9 Å². The normalized spacial score (nSPS) is 16.8. The fourth-order valence-electron chi connectivity index (χ4n) is 2.84. The Bertz CT molecular complexity index is 657. The smallest absolute Gasteiger partial charge is 0.135 e. The van der Waals surface area contributed by atoms with E-state index in [1.807, 2.05) is 12.1 Å². The number of ether oxygens (including phenoxy) is 2. The maximum Gasteiger partial charge on any atom is 0.135 e. The first-order valence-corrected chi connectivity index (χ1v) is 7.78. The van der Waals surface area contributed by atoms with Gasteiger partial charge >= 0.3 is 0 Å². The van der Waals surface area contributed by atoms with Crippen LogP contribution in [0.2, 0.25) is 0 Å². The molecule has 1 aliphatic rings. The molecule has 1 N–H and O–H groups in total. The van der Waals surface area contributed by atoms with Gasteiger partial charge in [-0.25, -0.2) is 0 Å². The maximum atomic E-state index is 5.48. The summed E-state index contributed by atoms with van der Waals surface area (Å²) in [5.74, 6) is 1.78. The van der Waals surface area contributed by atoms with E-state index in [0.717, 1.165) is 34.5 Å². The lowest BCUT2D eigenvalue weighted by Gasteiger charge is -2.29. The predicted octanol–water partition coefficient (Wildman–Crippen LogP) is 4.57. The zero-order chi connectivity index (χ0) is 14.8. The van der Waals surface area contributed by atoms with Gasteiger partial charge in [0.15, 0.2) is 0 Å². The van der Waals surface area contributed by atoms with E-state index in [-0.39, 0.29) is 6.04 Å². The van der Waals surface area contributed by atoms with Crippen LogP contribution in [0.1, 0.15) is 23.6 Å². The molecule has 21 heavy (non-hydrogen) atoms. The van der Waals surface area contributed by atoms with Crippen LogP contribution in [0.4, 0.5) is 5.69 Å². The molecule has 1 aliphatic heterocycles. The Morgan fingerprint density at radius 1 is 1.10 bits per heavy atom. The molecular formula is C17H18BrNO2. The lowest BCUT2D eigenvalue weighted by molar-refractivity contribution is 0.405. The fraction of sp³-hybridized carbons (Fsp3) is 0.294. The monoisotopic (exact) mass is 347 g/mol. The molecule has 0 amide bonds. The third-order valence-corrected chi connectivity index (χ3v) is 4.54. The first-order chi connectivity index (χ1) is 10.2. The van der Waals surface area contributed by atoms with E-state index in [1.54, 1.807) is 14.2 Å². The van der Waals surface area contributed by atoms with Crippen LogP contribution in [0.5, 0.6) is 11.5 Å². The number of fused-ring (bicyclic) bond motifs is 1. The molecular weight excluding hydrogens is 330 g/mol. The lowest BCUT2D eigenvalue weighted by Crippen LogP contribution is -2.18. The van der Waals surface area contributed by atoms with Crippen LogP contribution in [0.3, 0.4) is 0 Å². The van der Waals surface area contributed by atoms with E-state index in [1.165, 1.54) is 11.1 Å². The Labute approximate surface area is 133 Å². The maximum absolute atomic E-state index is 5.48. The first kappa shape index (κ1) is 14.3. The molecule has 0 saturated carbocycles. The summed E-state index contributed by atoms with van der Waals surface area (Å²) < 4.78 is 11.9. The molecule has 0 spiro atoms. The zero-order valence-corrected chi connectivity index (χ0v) is 13.7. The predicted molar refractivity (Wildman–Crippen MR) is 88.4 cm³/mol. The van der Waals surface area contributed by atoms with Crippen molar-refractivity contribution in [1.29, 1.82) is 0 Å². The Morgan fingerprint density at radius 3 is 2.62 bits per heavy atom. The highest BCUT2D eigenvalue weighted by molar-refractivity contribution is 9.10. The summed E-state index contributed by atoms with van der Waals surface area (Å²) in [6.07, 6.45) is 2.08. The van der Waals surface area contributed by atoms with Gasteiger partial charge in [-0.1, -0.05) is 18.2 Å². The first-order valence-electron chi connectivity index (χ1n) is 6.98. The van der Waals surface area contributed by atoms with Gasteiger partial charge in [-0.2, -0.15) is 0 Å². The molecule has 1 atom stereocenters. The molecule has 1 heterocycles. The number of nitrogens with one attached hydrogen (secondary N) is 1. The van der Waals surface area contributed by atoms with Crippen molar-refractivity contribution in [3.8, 4) is 11.5 Å². The molecule has 3 nitrogen and oxygen atoms in total. The molecule has 1 unspecified atom stereocenters. The van der Waals surface area contributed by atoms with Crippen molar-refractivity contribution in [2.75, 3.05) is 19.5 Å². The van der Waals surface area contributed by atoms with Crippen LogP contribution in [0.15, 0.2) is 40.9 Å². The van der Waals surface area contributed by atoms with Gasteiger partial charge in [0.2, 0.25) is 0 Å². The third kappa shape index (κ3) is 2.72. The molecule has 4 heteroatoms. The van der Waals surface area contributed by atoms with Gasteiger partial charge in [-0.3, -0.25) is 0 Å². The van der Waals surface area contributed by atoms with E-state index >= 15 is 0 Å². The zero-order valence-electron chi connectivity index (χ0n) is 12.2. The van der Waals surface area contributed by atoms with Gasteiger partial charge in [-0.05, 0) is 46.5 Å². The number of methoxy groups -OCH3 is 2. The summed E-state index contributed by atoms with van der Waals surface area (Å²) in [6.45, 7) is 0. The Kier molecular flexibility index (Phi) is 4.06. The standard InChI is InChI=1S/C17H18BrNO2/c1-20-16-6-4-3-5-12(16)14-8-7-11-9-13(18)17(21-2)10-15(11)19-14/h3-6,9-10,14,19H,7-8H2,1-2H3. The largest absolute Gasteiger partial charge is 0.496 e. The third-order valence-electron chi connectivity index (χ3n) is 3.92. The van der Waals surface area contributed by atoms with Crippen LogP contribution in [0.25, 0.3) is 0 Å². The summed E-state index contributed by atoms with van der Waals surface area (Å²) in [6, 6.07) is 12.6. The highest BCUT2D eigenvalue weighted by Crippen LogP contribution is 2.40. The number of hydrogen-bond acceptors (Lipinski definition) is 3. The van der Waals surface area contributed by atoms with Crippen molar-refractivity contribution in [2.24, 2.45) is 0 Å². The minimum absolute atomic E-state index is 0.263. The molecule has 3 rings (SSSR count). The second-order valence-corrected chi connectivity index (χ2v) is 5.98. The molecule has 2 aromatic carbocycles. The van der Waals surface area contributed by atoms with Gasteiger partial charge in [0.05, 0.1) is 24.7 Å². The number of hydrogen-bond donors (Lipinski definition) is 1. The van der Waals surface area contributed by atoms with Crippen LogP contribution in [-0.4, -0.2) is 14.2 Å². The highest BCUT2D eigenvalue weighted by Gasteiger charge is 2.22. The number of rotatable bonds is 3. The number of para-hydroxylation sites is 1. The molecule has 0 saturated heterocycles. The topological polar surface area (TPSA) is 30.5 Å². The van der Waals surface area contributed by atoms with E-state index in [2.05, 4.69) is 45.5 Å². The van der Waals surface area contributed by atoms with Crippen molar-refractivity contribution in [2.45, 2.75) is 18.9 Å². The van der Waals surface area contributed by atoms with Gasteiger partial charge in [0.1, 0.15) is 11.5 Å². The number of anilines is 1. The van der Waals surface area contributed by atoms with Gasteiger partial charge in [0, 0.05) is 17.3 Å². The van der Waals surface area contributed by atoms with Gasteiger partial charge in [0.25, 0.3) is 0 Å². The van der Waals surface area contributed by atoms with Crippen molar-refractivity contribution in [1.82, 2.24) is 0 Å². The van der Waals surface area contributed by atoms with E-state index in [4.69, 9.17) is 9.47 Å².